The van der Waals surface area contributed by atoms with E-state index in [1.54, 1.807) is 6.07 Å². The molecule has 2 heterocycles. The molecule has 2 aliphatic heterocycles. The first-order valence-corrected chi connectivity index (χ1v) is 10.2. The van der Waals surface area contributed by atoms with Gasteiger partial charge < -0.3 is 0 Å². The summed E-state index contributed by atoms with van der Waals surface area (Å²) in [6, 6.07) is 5.46. The number of benzene rings is 1. The number of amides is 3. The quantitative estimate of drug-likeness (QED) is 0.492. The van der Waals surface area contributed by atoms with Gasteiger partial charge in [0.15, 0.2) is 0 Å². The van der Waals surface area contributed by atoms with Gasteiger partial charge >= 0.3 is 0 Å². The third-order valence-corrected chi connectivity index (χ3v) is 6.39. The summed E-state index contributed by atoms with van der Waals surface area (Å²) in [5.41, 5.74) is 2.36. The minimum absolute atomic E-state index is 0.0378. The van der Waals surface area contributed by atoms with E-state index in [9.17, 15) is 14.4 Å². The second-order valence-electron chi connectivity index (χ2n) is 7.88. The molecule has 27 heavy (non-hydrogen) atoms. The fourth-order valence-corrected chi connectivity index (χ4v) is 4.42. The van der Waals surface area contributed by atoms with Crippen molar-refractivity contribution in [2.75, 3.05) is 11.5 Å². The van der Waals surface area contributed by atoms with Crippen molar-refractivity contribution in [2.24, 2.45) is 5.41 Å². The zero-order valence-corrected chi connectivity index (χ0v) is 17.5. The SMILES string of the molecule is CC1(C)CON(Cc2ccc(N3C(=O)C4=C(CCCC4)C3=O)cc2I)C1=O. The molecule has 4 rings (SSSR count). The maximum absolute atomic E-state index is 12.7. The molecule has 0 radical (unpaired) electrons. The lowest BCUT2D eigenvalue weighted by atomic mass is 9.93. The Labute approximate surface area is 171 Å². The molecule has 1 aromatic carbocycles. The van der Waals surface area contributed by atoms with Gasteiger partial charge in [0, 0.05) is 14.7 Å². The first-order chi connectivity index (χ1) is 12.8. The highest BCUT2D eigenvalue weighted by molar-refractivity contribution is 14.1. The maximum Gasteiger partial charge on any atom is 0.261 e. The highest BCUT2D eigenvalue weighted by Crippen LogP contribution is 2.36. The minimum Gasteiger partial charge on any atom is -0.272 e. The minimum atomic E-state index is -0.509. The van der Waals surface area contributed by atoms with Crippen LogP contribution in [-0.4, -0.2) is 29.4 Å². The largest absolute Gasteiger partial charge is 0.272 e. The number of imide groups is 1. The van der Waals surface area contributed by atoms with Crippen LogP contribution in [0.2, 0.25) is 0 Å². The molecule has 3 aliphatic rings. The third kappa shape index (κ3) is 3.10. The second-order valence-corrected chi connectivity index (χ2v) is 9.05. The van der Waals surface area contributed by atoms with Crippen molar-refractivity contribution in [3.05, 3.63) is 38.5 Å². The molecule has 0 aromatic heterocycles. The van der Waals surface area contributed by atoms with E-state index in [2.05, 4.69) is 22.6 Å². The van der Waals surface area contributed by atoms with E-state index >= 15 is 0 Å². The smallest absolute Gasteiger partial charge is 0.261 e. The summed E-state index contributed by atoms with van der Waals surface area (Å²) in [5.74, 6) is -0.403. The molecular weight excluding hydrogens is 459 g/mol. The van der Waals surface area contributed by atoms with Crippen molar-refractivity contribution in [1.82, 2.24) is 5.06 Å². The van der Waals surface area contributed by atoms with Crippen LogP contribution in [0.5, 0.6) is 0 Å². The molecule has 1 fully saturated rings. The topological polar surface area (TPSA) is 66.9 Å². The summed E-state index contributed by atoms with van der Waals surface area (Å²) in [6.07, 6.45) is 3.30. The van der Waals surface area contributed by atoms with Crippen LogP contribution < -0.4 is 4.90 Å². The number of anilines is 1. The van der Waals surface area contributed by atoms with Gasteiger partial charge in [0.05, 0.1) is 24.3 Å². The normalized spacial score (nSPS) is 22.1. The fraction of sp³-hybridized carbons (Fsp3) is 0.450. The standard InChI is InChI=1S/C20H21IN2O4/c1-20(2)11-27-22(19(20)26)10-12-7-8-13(9-16(12)21)23-17(24)14-5-3-4-6-15(14)18(23)25/h7-9H,3-6,10-11H2,1-2H3. The summed E-state index contributed by atoms with van der Waals surface area (Å²) < 4.78 is 0.886. The average molecular weight is 480 g/mol. The van der Waals surface area contributed by atoms with Crippen LogP contribution in [0.3, 0.4) is 0 Å². The van der Waals surface area contributed by atoms with E-state index in [-0.39, 0.29) is 17.7 Å². The van der Waals surface area contributed by atoms with Crippen molar-refractivity contribution in [3.63, 3.8) is 0 Å². The summed E-state index contributed by atoms with van der Waals surface area (Å²) >= 11 is 2.17. The van der Waals surface area contributed by atoms with Crippen LogP contribution in [-0.2, 0) is 25.8 Å². The molecule has 1 aromatic rings. The van der Waals surface area contributed by atoms with Crippen molar-refractivity contribution in [3.8, 4) is 0 Å². The molecule has 6 nitrogen and oxygen atoms in total. The predicted molar refractivity (Wildman–Crippen MR) is 107 cm³/mol. The lowest BCUT2D eigenvalue weighted by Gasteiger charge is -2.19. The molecule has 0 spiro atoms. The van der Waals surface area contributed by atoms with Crippen molar-refractivity contribution >= 4 is 46.0 Å². The Balaban J connectivity index is 1.55. The van der Waals surface area contributed by atoms with Crippen LogP contribution in [0.1, 0.15) is 45.1 Å². The van der Waals surface area contributed by atoms with Gasteiger partial charge in [-0.1, -0.05) is 6.07 Å². The Bertz CT molecular complexity index is 862. The first-order valence-electron chi connectivity index (χ1n) is 9.14. The zero-order chi connectivity index (χ0) is 19.3. The molecule has 142 valence electrons. The predicted octanol–water partition coefficient (Wildman–Crippen LogP) is 3.34. The second kappa shape index (κ2) is 6.70. The van der Waals surface area contributed by atoms with E-state index in [4.69, 9.17) is 4.84 Å². The highest BCUT2D eigenvalue weighted by Gasteiger charge is 2.41. The Morgan fingerprint density at radius 1 is 1.07 bits per heavy atom. The molecule has 3 amide bonds. The number of hydrogen-bond acceptors (Lipinski definition) is 4. The van der Waals surface area contributed by atoms with E-state index in [1.165, 1.54) is 9.96 Å². The van der Waals surface area contributed by atoms with Crippen molar-refractivity contribution < 1.29 is 19.2 Å². The molecular formula is C20H21IN2O4. The average Bonchev–Trinajstić information content (AvgIpc) is 3.05. The van der Waals surface area contributed by atoms with E-state index in [0.717, 1.165) is 22.0 Å². The number of hydrogen-bond donors (Lipinski definition) is 0. The third-order valence-electron chi connectivity index (χ3n) is 5.39. The Morgan fingerprint density at radius 3 is 2.22 bits per heavy atom. The van der Waals surface area contributed by atoms with Gasteiger partial charge in [-0.25, -0.2) is 9.96 Å². The van der Waals surface area contributed by atoms with Crippen LogP contribution in [0.25, 0.3) is 0 Å². The van der Waals surface area contributed by atoms with Gasteiger partial charge in [0.1, 0.15) is 0 Å². The number of halogens is 1. The van der Waals surface area contributed by atoms with Gasteiger partial charge in [0.2, 0.25) is 0 Å². The van der Waals surface area contributed by atoms with Crippen LogP contribution in [0.15, 0.2) is 29.3 Å². The molecule has 0 saturated carbocycles. The fourth-order valence-electron chi connectivity index (χ4n) is 3.75. The number of nitrogens with zero attached hydrogens (tertiary/aromatic N) is 2. The number of rotatable bonds is 3. The highest BCUT2D eigenvalue weighted by atomic mass is 127. The van der Waals surface area contributed by atoms with E-state index in [0.29, 0.717) is 42.8 Å². The number of hydroxylamine groups is 2. The van der Waals surface area contributed by atoms with Gasteiger partial charge in [-0.15, -0.1) is 0 Å². The Morgan fingerprint density at radius 2 is 1.70 bits per heavy atom. The molecule has 1 saturated heterocycles. The Kier molecular flexibility index (Phi) is 4.62. The zero-order valence-electron chi connectivity index (χ0n) is 15.4. The van der Waals surface area contributed by atoms with Crippen molar-refractivity contribution in [2.45, 2.75) is 46.1 Å². The number of carbonyl (C=O) groups excluding carboxylic acids is 3. The van der Waals surface area contributed by atoms with E-state index in [1.807, 2.05) is 26.0 Å². The number of carbonyl (C=O) groups is 3. The van der Waals surface area contributed by atoms with Gasteiger partial charge in [0.25, 0.3) is 17.7 Å². The molecule has 0 unspecified atom stereocenters. The summed E-state index contributed by atoms with van der Waals surface area (Å²) in [7, 11) is 0. The first kappa shape index (κ1) is 18.6. The van der Waals surface area contributed by atoms with Crippen LogP contribution in [0, 0.1) is 8.99 Å². The molecule has 0 atom stereocenters. The maximum atomic E-state index is 12.7. The van der Waals surface area contributed by atoms with Gasteiger partial charge in [-0.3, -0.25) is 19.2 Å². The summed E-state index contributed by atoms with van der Waals surface area (Å²) in [4.78, 5) is 44.6. The summed E-state index contributed by atoms with van der Waals surface area (Å²) in [5, 5.41) is 1.39. The van der Waals surface area contributed by atoms with Crippen molar-refractivity contribution in [1.29, 1.82) is 0 Å². The monoisotopic (exact) mass is 480 g/mol. The molecule has 1 aliphatic carbocycles. The Hall–Kier alpha value is -1.74. The van der Waals surface area contributed by atoms with E-state index < -0.39 is 5.41 Å². The molecule has 0 N–H and O–H groups in total. The lowest BCUT2D eigenvalue weighted by molar-refractivity contribution is -0.165. The van der Waals surface area contributed by atoms with Gasteiger partial charge in [-0.05, 0) is 79.8 Å². The van der Waals surface area contributed by atoms with Gasteiger partial charge in [-0.2, -0.15) is 0 Å². The lowest BCUT2D eigenvalue weighted by Crippen LogP contribution is -2.32. The molecule has 0 bridgehead atoms. The van der Waals surface area contributed by atoms with Crippen LogP contribution in [0.4, 0.5) is 5.69 Å². The summed E-state index contributed by atoms with van der Waals surface area (Å²) in [6.45, 7) is 4.44. The van der Waals surface area contributed by atoms with Crippen LogP contribution >= 0.6 is 22.6 Å². The molecule has 7 heteroatoms.